The topological polar surface area (TPSA) is 50.2 Å². The normalized spacial score (nSPS) is 13.7. The smallest absolute Gasteiger partial charge is 0.199 e. The number of hydrogen-bond donors (Lipinski definition) is 1. The summed E-state index contributed by atoms with van der Waals surface area (Å²) in [6.45, 7) is 3.93. The molecule has 1 heterocycles. The molecule has 0 saturated carbocycles. The average molecular weight is 301 g/mol. The molecule has 3 heteroatoms. The molecule has 1 aromatic heterocycles. The van der Waals surface area contributed by atoms with Gasteiger partial charge in [0.25, 0.3) is 0 Å². The first kappa shape index (κ1) is 13.7. The van der Waals surface area contributed by atoms with E-state index in [2.05, 4.69) is 4.98 Å². The molecule has 23 heavy (non-hydrogen) atoms. The third-order valence-electron chi connectivity index (χ3n) is 4.32. The SMILES string of the molecule is Cc1ccc2c(c1)C(O)=C(c1cc(C)c3ccccc3n1)C2=O. The maximum atomic E-state index is 12.7. The first-order chi connectivity index (χ1) is 11.1. The van der Waals surface area contributed by atoms with Gasteiger partial charge in [0.15, 0.2) is 5.78 Å². The Hall–Kier alpha value is -2.94. The Balaban J connectivity index is 1.97. The number of benzene rings is 2. The van der Waals surface area contributed by atoms with Crippen LogP contribution in [0.25, 0.3) is 22.2 Å². The summed E-state index contributed by atoms with van der Waals surface area (Å²) >= 11 is 0. The maximum Gasteiger partial charge on any atom is 0.199 e. The monoisotopic (exact) mass is 301 g/mol. The summed E-state index contributed by atoms with van der Waals surface area (Å²) in [4.78, 5) is 17.3. The average Bonchev–Trinajstić information content (AvgIpc) is 2.78. The first-order valence-electron chi connectivity index (χ1n) is 7.52. The van der Waals surface area contributed by atoms with Crippen LogP contribution < -0.4 is 0 Å². The van der Waals surface area contributed by atoms with Crippen LogP contribution in [0, 0.1) is 13.8 Å². The minimum Gasteiger partial charge on any atom is -0.506 e. The van der Waals surface area contributed by atoms with Gasteiger partial charge in [-0.3, -0.25) is 4.79 Å². The highest BCUT2D eigenvalue weighted by molar-refractivity contribution is 6.38. The molecule has 1 aliphatic rings. The second-order valence-corrected chi connectivity index (χ2v) is 5.94. The zero-order valence-corrected chi connectivity index (χ0v) is 12.9. The number of Topliss-reactive ketones (excluding diaryl/α,β-unsaturated/α-hetero) is 1. The van der Waals surface area contributed by atoms with Crippen molar-refractivity contribution in [2.75, 3.05) is 0 Å². The number of aliphatic hydroxyl groups excluding tert-OH is 1. The third kappa shape index (κ3) is 1.97. The molecule has 3 aromatic rings. The number of carbonyl (C=O) groups is 1. The molecule has 1 aliphatic carbocycles. The van der Waals surface area contributed by atoms with Crippen LogP contribution in [0.1, 0.15) is 32.7 Å². The van der Waals surface area contributed by atoms with Gasteiger partial charge in [0, 0.05) is 16.5 Å². The molecule has 0 unspecified atom stereocenters. The second-order valence-electron chi connectivity index (χ2n) is 5.94. The largest absolute Gasteiger partial charge is 0.506 e. The molecule has 0 fully saturated rings. The Morgan fingerprint density at radius 1 is 0.957 bits per heavy atom. The lowest BCUT2D eigenvalue weighted by molar-refractivity contribution is 0.105. The molecule has 0 radical (unpaired) electrons. The van der Waals surface area contributed by atoms with Crippen molar-refractivity contribution in [3.8, 4) is 0 Å². The number of aryl methyl sites for hydroxylation is 2. The number of rotatable bonds is 1. The lowest BCUT2D eigenvalue weighted by Crippen LogP contribution is -2.01. The number of carbonyl (C=O) groups excluding carboxylic acids is 1. The fraction of sp³-hybridized carbons (Fsp3) is 0.100. The van der Waals surface area contributed by atoms with Gasteiger partial charge in [0.1, 0.15) is 5.76 Å². The van der Waals surface area contributed by atoms with Crippen LogP contribution in [0.5, 0.6) is 0 Å². The molecule has 0 aliphatic heterocycles. The molecule has 0 spiro atoms. The van der Waals surface area contributed by atoms with Gasteiger partial charge in [-0.05, 0) is 37.6 Å². The highest BCUT2D eigenvalue weighted by Crippen LogP contribution is 2.37. The number of para-hydroxylation sites is 1. The van der Waals surface area contributed by atoms with Gasteiger partial charge in [-0.1, -0.05) is 35.9 Å². The minimum absolute atomic E-state index is 0.0240. The number of nitrogens with zero attached hydrogens (tertiary/aromatic N) is 1. The highest BCUT2D eigenvalue weighted by Gasteiger charge is 2.31. The summed E-state index contributed by atoms with van der Waals surface area (Å²) < 4.78 is 0. The van der Waals surface area contributed by atoms with E-state index in [1.807, 2.05) is 56.3 Å². The molecule has 2 aromatic carbocycles. The van der Waals surface area contributed by atoms with E-state index in [-0.39, 0.29) is 11.5 Å². The van der Waals surface area contributed by atoms with E-state index < -0.39 is 0 Å². The van der Waals surface area contributed by atoms with Gasteiger partial charge in [-0.15, -0.1) is 0 Å². The number of pyridine rings is 1. The van der Waals surface area contributed by atoms with E-state index in [1.54, 1.807) is 6.07 Å². The number of allylic oxidation sites excluding steroid dienone is 1. The van der Waals surface area contributed by atoms with Crippen molar-refractivity contribution in [3.63, 3.8) is 0 Å². The van der Waals surface area contributed by atoms with Crippen molar-refractivity contribution in [1.82, 2.24) is 4.98 Å². The molecule has 1 N–H and O–H groups in total. The summed E-state index contributed by atoms with van der Waals surface area (Å²) in [5.41, 5.74) is 4.81. The first-order valence-corrected chi connectivity index (χ1v) is 7.52. The van der Waals surface area contributed by atoms with E-state index >= 15 is 0 Å². The van der Waals surface area contributed by atoms with E-state index in [9.17, 15) is 9.90 Å². The molecule has 0 saturated heterocycles. The van der Waals surface area contributed by atoms with Gasteiger partial charge in [-0.2, -0.15) is 0 Å². The Bertz CT molecular complexity index is 1020. The van der Waals surface area contributed by atoms with Crippen molar-refractivity contribution in [3.05, 3.63) is 76.5 Å². The van der Waals surface area contributed by atoms with E-state index in [4.69, 9.17) is 0 Å². The Kier molecular flexibility index (Phi) is 2.85. The van der Waals surface area contributed by atoms with Gasteiger partial charge in [0.2, 0.25) is 0 Å². The lowest BCUT2D eigenvalue weighted by Gasteiger charge is -2.07. The fourth-order valence-electron chi connectivity index (χ4n) is 3.14. The maximum absolute atomic E-state index is 12.7. The molecule has 3 nitrogen and oxygen atoms in total. The number of aliphatic hydroxyl groups is 1. The van der Waals surface area contributed by atoms with Crippen molar-refractivity contribution in [1.29, 1.82) is 0 Å². The van der Waals surface area contributed by atoms with Gasteiger partial charge >= 0.3 is 0 Å². The minimum atomic E-state index is -0.167. The van der Waals surface area contributed by atoms with Crippen LogP contribution in [0.15, 0.2) is 48.5 Å². The molecule has 112 valence electrons. The Labute approximate surface area is 133 Å². The quantitative estimate of drug-likeness (QED) is 0.721. The van der Waals surface area contributed by atoms with E-state index in [0.717, 1.165) is 22.0 Å². The summed E-state index contributed by atoms with van der Waals surface area (Å²) in [6, 6.07) is 15.2. The molecular weight excluding hydrogens is 286 g/mol. The summed E-state index contributed by atoms with van der Waals surface area (Å²) in [5.74, 6) is -0.143. The molecular formula is C20H15NO2. The number of fused-ring (bicyclic) bond motifs is 2. The molecule has 0 bridgehead atoms. The molecule has 4 rings (SSSR count). The number of hydrogen-bond acceptors (Lipinski definition) is 3. The molecule has 0 atom stereocenters. The second kappa shape index (κ2) is 4.78. The van der Waals surface area contributed by atoms with Crippen LogP contribution in [0.4, 0.5) is 0 Å². The third-order valence-corrected chi connectivity index (χ3v) is 4.32. The van der Waals surface area contributed by atoms with Crippen molar-refractivity contribution >= 4 is 28.0 Å². The Morgan fingerprint density at radius 3 is 2.57 bits per heavy atom. The Morgan fingerprint density at radius 2 is 1.74 bits per heavy atom. The van der Waals surface area contributed by atoms with Crippen LogP contribution in [0.3, 0.4) is 0 Å². The van der Waals surface area contributed by atoms with Crippen LogP contribution in [-0.2, 0) is 0 Å². The lowest BCUT2D eigenvalue weighted by atomic mass is 10.0. The summed E-state index contributed by atoms with van der Waals surface area (Å²) in [6.07, 6.45) is 0. The molecule has 0 amide bonds. The van der Waals surface area contributed by atoms with Crippen LogP contribution in [0.2, 0.25) is 0 Å². The predicted molar refractivity (Wildman–Crippen MR) is 91.4 cm³/mol. The van der Waals surface area contributed by atoms with Gasteiger partial charge in [0.05, 0.1) is 16.8 Å². The predicted octanol–water partition coefficient (Wildman–Crippen LogP) is 4.47. The van der Waals surface area contributed by atoms with Crippen molar-refractivity contribution in [2.45, 2.75) is 13.8 Å². The van der Waals surface area contributed by atoms with E-state index in [1.165, 1.54) is 0 Å². The standard InChI is InChI=1S/C20H15NO2/c1-11-7-8-14-15(9-11)20(23)18(19(14)22)17-10-12(2)13-5-3-4-6-16(13)21-17/h3-10,23H,1-2H3. The van der Waals surface area contributed by atoms with Crippen molar-refractivity contribution < 1.29 is 9.90 Å². The zero-order chi connectivity index (χ0) is 16.1. The number of ketones is 1. The van der Waals surface area contributed by atoms with Crippen LogP contribution in [-0.4, -0.2) is 15.9 Å². The van der Waals surface area contributed by atoms with Gasteiger partial charge in [-0.25, -0.2) is 4.98 Å². The summed E-state index contributed by atoms with van der Waals surface area (Å²) in [7, 11) is 0. The summed E-state index contributed by atoms with van der Waals surface area (Å²) in [5, 5.41) is 11.6. The number of aromatic nitrogens is 1. The fourth-order valence-corrected chi connectivity index (χ4v) is 3.14. The van der Waals surface area contributed by atoms with Crippen LogP contribution >= 0.6 is 0 Å². The zero-order valence-electron chi connectivity index (χ0n) is 12.9. The van der Waals surface area contributed by atoms with Crippen molar-refractivity contribution in [2.24, 2.45) is 0 Å². The van der Waals surface area contributed by atoms with E-state index in [0.29, 0.717) is 22.4 Å². The van der Waals surface area contributed by atoms with Gasteiger partial charge < -0.3 is 5.11 Å². The highest BCUT2D eigenvalue weighted by atomic mass is 16.3.